The lowest BCUT2D eigenvalue weighted by Crippen LogP contribution is -2.25. The minimum Gasteiger partial charge on any atom is -0.619 e. The molecule has 1 amide bonds. The highest BCUT2D eigenvalue weighted by Gasteiger charge is 2.06. The summed E-state index contributed by atoms with van der Waals surface area (Å²) in [5.74, 6) is -0.247. The fourth-order valence-corrected chi connectivity index (χ4v) is 1.73. The molecule has 0 aliphatic rings. The molecule has 0 spiro atoms. The average Bonchev–Trinajstić information content (AvgIpc) is 2.29. The normalized spacial score (nSPS) is 9.94. The number of anilines is 1. The first-order chi connectivity index (χ1) is 8.15. The van der Waals surface area contributed by atoms with Gasteiger partial charge < -0.3 is 10.5 Å². The van der Waals surface area contributed by atoms with Crippen LogP contribution in [0.15, 0.2) is 53.3 Å². The standard InChI is InChI=1S/C12H9BrN2O2/c13-10-2-1-3-11(8-10)14-12(16)9-4-6-15(17)7-5-9/h1-8H,(H,14,16). The van der Waals surface area contributed by atoms with E-state index >= 15 is 0 Å². The van der Waals surface area contributed by atoms with E-state index in [1.807, 2.05) is 12.1 Å². The number of aromatic nitrogens is 1. The second-order valence-corrected chi connectivity index (χ2v) is 4.33. The largest absolute Gasteiger partial charge is 0.619 e. The van der Waals surface area contributed by atoms with E-state index in [4.69, 9.17) is 0 Å². The monoisotopic (exact) mass is 292 g/mol. The van der Waals surface area contributed by atoms with Crippen molar-refractivity contribution in [3.05, 3.63) is 64.0 Å². The molecule has 17 heavy (non-hydrogen) atoms. The second-order valence-electron chi connectivity index (χ2n) is 3.41. The number of benzene rings is 1. The van der Waals surface area contributed by atoms with Gasteiger partial charge in [0.25, 0.3) is 5.91 Å². The van der Waals surface area contributed by atoms with Crippen LogP contribution in [0, 0.1) is 5.21 Å². The number of pyridine rings is 1. The Hall–Kier alpha value is -1.88. The lowest BCUT2D eigenvalue weighted by atomic mass is 10.2. The predicted molar refractivity (Wildman–Crippen MR) is 67.5 cm³/mol. The van der Waals surface area contributed by atoms with Gasteiger partial charge in [0, 0.05) is 22.3 Å². The molecule has 0 radical (unpaired) electrons. The third-order valence-electron chi connectivity index (χ3n) is 2.15. The Morgan fingerprint density at radius 2 is 1.94 bits per heavy atom. The maximum atomic E-state index is 11.8. The van der Waals surface area contributed by atoms with Crippen molar-refractivity contribution >= 4 is 27.5 Å². The molecule has 0 bridgehead atoms. The van der Waals surface area contributed by atoms with Crippen molar-refractivity contribution in [2.75, 3.05) is 5.32 Å². The summed E-state index contributed by atoms with van der Waals surface area (Å²) in [6.45, 7) is 0. The summed E-state index contributed by atoms with van der Waals surface area (Å²) in [7, 11) is 0. The molecular formula is C12H9BrN2O2. The Morgan fingerprint density at radius 3 is 2.59 bits per heavy atom. The summed E-state index contributed by atoms with van der Waals surface area (Å²) in [6.07, 6.45) is 2.58. The van der Waals surface area contributed by atoms with Crippen LogP contribution in [0.1, 0.15) is 10.4 Å². The molecular weight excluding hydrogens is 284 g/mol. The van der Waals surface area contributed by atoms with Gasteiger partial charge in [0.05, 0.1) is 5.56 Å². The van der Waals surface area contributed by atoms with E-state index in [1.54, 1.807) is 12.1 Å². The highest BCUT2D eigenvalue weighted by Crippen LogP contribution is 2.16. The van der Waals surface area contributed by atoms with Crippen LogP contribution in [0.2, 0.25) is 0 Å². The van der Waals surface area contributed by atoms with Crippen molar-refractivity contribution in [1.29, 1.82) is 0 Å². The third-order valence-corrected chi connectivity index (χ3v) is 2.64. The molecule has 2 rings (SSSR count). The maximum Gasteiger partial charge on any atom is 0.256 e. The smallest absolute Gasteiger partial charge is 0.256 e. The van der Waals surface area contributed by atoms with Crippen LogP contribution in [-0.2, 0) is 0 Å². The lowest BCUT2D eigenvalue weighted by Gasteiger charge is -2.05. The van der Waals surface area contributed by atoms with Gasteiger partial charge >= 0.3 is 0 Å². The van der Waals surface area contributed by atoms with E-state index in [2.05, 4.69) is 21.2 Å². The Kier molecular flexibility index (Phi) is 3.39. The number of nitrogens with zero attached hydrogens (tertiary/aromatic N) is 1. The summed E-state index contributed by atoms with van der Waals surface area (Å²) in [6, 6.07) is 10.2. The van der Waals surface area contributed by atoms with Gasteiger partial charge in [-0.2, -0.15) is 4.73 Å². The number of hydrogen-bond acceptors (Lipinski definition) is 2. The molecule has 1 heterocycles. The molecule has 0 aliphatic heterocycles. The number of amides is 1. The van der Waals surface area contributed by atoms with Crippen LogP contribution in [0.3, 0.4) is 0 Å². The Bertz CT molecular complexity index is 540. The first kappa shape index (κ1) is 11.6. The molecule has 0 fully saturated rings. The molecule has 0 aliphatic carbocycles. The van der Waals surface area contributed by atoms with Crippen molar-refractivity contribution in [2.24, 2.45) is 0 Å². The van der Waals surface area contributed by atoms with Gasteiger partial charge in [-0.15, -0.1) is 0 Å². The summed E-state index contributed by atoms with van der Waals surface area (Å²) >= 11 is 3.32. The van der Waals surface area contributed by atoms with E-state index < -0.39 is 0 Å². The van der Waals surface area contributed by atoms with Crippen molar-refractivity contribution < 1.29 is 9.52 Å². The molecule has 1 N–H and O–H groups in total. The number of carbonyl (C=O) groups is 1. The number of halogens is 1. The van der Waals surface area contributed by atoms with Crippen LogP contribution < -0.4 is 10.0 Å². The minimum absolute atomic E-state index is 0.247. The molecule has 1 aromatic heterocycles. The Labute approximate surface area is 107 Å². The van der Waals surface area contributed by atoms with Gasteiger partial charge in [0.15, 0.2) is 12.4 Å². The lowest BCUT2D eigenvalue weighted by molar-refractivity contribution is -0.605. The van der Waals surface area contributed by atoms with E-state index in [1.165, 1.54) is 24.5 Å². The number of nitrogens with one attached hydrogen (secondary N) is 1. The molecule has 86 valence electrons. The van der Waals surface area contributed by atoms with Crippen molar-refractivity contribution in [1.82, 2.24) is 0 Å². The van der Waals surface area contributed by atoms with Crippen molar-refractivity contribution in [2.45, 2.75) is 0 Å². The zero-order chi connectivity index (χ0) is 12.3. The average molecular weight is 293 g/mol. The molecule has 2 aromatic rings. The number of carbonyl (C=O) groups excluding carboxylic acids is 1. The predicted octanol–water partition coefficient (Wildman–Crippen LogP) is 2.33. The molecule has 0 unspecified atom stereocenters. The van der Waals surface area contributed by atoms with Crippen LogP contribution in [-0.4, -0.2) is 5.91 Å². The van der Waals surface area contributed by atoms with Crippen molar-refractivity contribution in [3.63, 3.8) is 0 Å². The minimum atomic E-state index is -0.247. The quantitative estimate of drug-likeness (QED) is 0.682. The van der Waals surface area contributed by atoms with Crippen LogP contribution in [0.4, 0.5) is 5.69 Å². The van der Waals surface area contributed by atoms with Gasteiger partial charge in [-0.1, -0.05) is 22.0 Å². The van der Waals surface area contributed by atoms with E-state index in [9.17, 15) is 10.0 Å². The van der Waals surface area contributed by atoms with Gasteiger partial charge in [0.2, 0.25) is 0 Å². The van der Waals surface area contributed by atoms with Crippen LogP contribution in [0.25, 0.3) is 0 Å². The molecule has 1 aromatic carbocycles. The first-order valence-corrected chi connectivity index (χ1v) is 5.70. The molecule has 0 saturated heterocycles. The Morgan fingerprint density at radius 1 is 1.24 bits per heavy atom. The summed E-state index contributed by atoms with van der Waals surface area (Å²) < 4.78 is 1.52. The van der Waals surface area contributed by atoms with Gasteiger partial charge in [0.1, 0.15) is 0 Å². The highest BCUT2D eigenvalue weighted by molar-refractivity contribution is 9.10. The molecule has 5 heteroatoms. The van der Waals surface area contributed by atoms with E-state index in [0.717, 1.165) is 4.47 Å². The first-order valence-electron chi connectivity index (χ1n) is 4.91. The maximum absolute atomic E-state index is 11.8. The fourth-order valence-electron chi connectivity index (χ4n) is 1.33. The molecule has 0 saturated carbocycles. The van der Waals surface area contributed by atoms with Crippen molar-refractivity contribution in [3.8, 4) is 0 Å². The zero-order valence-electron chi connectivity index (χ0n) is 8.76. The number of rotatable bonds is 2. The number of hydrogen-bond donors (Lipinski definition) is 1. The topological polar surface area (TPSA) is 56.0 Å². The second kappa shape index (κ2) is 4.97. The van der Waals surface area contributed by atoms with Crippen LogP contribution >= 0.6 is 15.9 Å². The van der Waals surface area contributed by atoms with E-state index in [-0.39, 0.29) is 5.91 Å². The fraction of sp³-hybridized carbons (Fsp3) is 0. The third kappa shape index (κ3) is 3.04. The summed E-state index contributed by atoms with van der Waals surface area (Å²) in [5, 5.41) is 13.6. The highest BCUT2D eigenvalue weighted by atomic mass is 79.9. The Balaban J connectivity index is 2.14. The summed E-state index contributed by atoms with van der Waals surface area (Å²) in [4.78, 5) is 11.8. The SMILES string of the molecule is O=C(Nc1cccc(Br)c1)c1cc[n+]([O-])cc1. The summed E-state index contributed by atoms with van der Waals surface area (Å²) in [5.41, 5.74) is 1.14. The van der Waals surface area contributed by atoms with Gasteiger partial charge in [-0.25, -0.2) is 0 Å². The van der Waals surface area contributed by atoms with Gasteiger partial charge in [-0.3, -0.25) is 4.79 Å². The van der Waals surface area contributed by atoms with E-state index in [0.29, 0.717) is 16.0 Å². The molecule has 4 nitrogen and oxygen atoms in total. The molecule has 0 atom stereocenters. The van der Waals surface area contributed by atoms with Gasteiger partial charge in [-0.05, 0) is 18.2 Å². The van der Waals surface area contributed by atoms with Crippen LogP contribution in [0.5, 0.6) is 0 Å². The zero-order valence-corrected chi connectivity index (χ0v) is 10.3.